The van der Waals surface area contributed by atoms with Gasteiger partial charge < -0.3 is 0 Å². The van der Waals surface area contributed by atoms with Gasteiger partial charge in [0.15, 0.2) is 5.82 Å². The molecule has 2 nitrogen and oxygen atoms in total. The van der Waals surface area contributed by atoms with E-state index in [4.69, 9.17) is 23.4 Å². The molecule has 0 atom stereocenters. The molecule has 0 bridgehead atoms. The first-order chi connectivity index (χ1) is 7.75. The third kappa shape index (κ3) is 1.46. The van der Waals surface area contributed by atoms with Gasteiger partial charge in [0.2, 0.25) is 0 Å². The quantitative estimate of drug-likeness (QED) is 0.662. The first-order valence-electron chi connectivity index (χ1n) is 4.93. The number of hydrogen-bond acceptors (Lipinski definition) is 2. The number of benzene rings is 1. The molecule has 1 aliphatic rings. The summed E-state index contributed by atoms with van der Waals surface area (Å²) in [6.45, 7) is 0.501. The topological polar surface area (TPSA) is 16.1 Å². The maximum atomic E-state index is 6.09. The summed E-state index contributed by atoms with van der Waals surface area (Å²) in [7, 11) is 0. The van der Waals surface area contributed by atoms with Gasteiger partial charge in [-0.2, -0.15) is 0 Å². The van der Waals surface area contributed by atoms with Gasteiger partial charge in [-0.15, -0.1) is 0 Å². The summed E-state index contributed by atoms with van der Waals surface area (Å²) in [6, 6.07) is 8.06. The van der Waals surface area contributed by atoms with Crippen LogP contribution in [0.5, 0.6) is 0 Å². The Morgan fingerprint density at radius 2 is 2.06 bits per heavy atom. The Labute approximate surface area is 103 Å². The molecule has 0 aliphatic carbocycles. The number of halogens is 2. The van der Waals surface area contributed by atoms with Crippen molar-refractivity contribution in [1.82, 2.24) is 4.98 Å². The SMILES string of the molecule is ClC1=Cc2c(ncc3ccccc23)N(Cl)C1. The molecule has 4 heteroatoms. The van der Waals surface area contributed by atoms with E-state index in [1.165, 1.54) is 0 Å². The van der Waals surface area contributed by atoms with Crippen molar-refractivity contribution >= 4 is 46.0 Å². The zero-order chi connectivity index (χ0) is 11.1. The molecule has 0 amide bonds. The Morgan fingerprint density at radius 1 is 1.25 bits per heavy atom. The van der Waals surface area contributed by atoms with E-state index in [9.17, 15) is 0 Å². The Hall–Kier alpha value is -1.25. The number of hydrogen-bond donors (Lipinski definition) is 0. The lowest BCUT2D eigenvalue weighted by molar-refractivity contribution is 1.10. The van der Waals surface area contributed by atoms with Crippen LogP contribution in [0.3, 0.4) is 0 Å². The number of rotatable bonds is 0. The molecule has 1 aromatic carbocycles. The van der Waals surface area contributed by atoms with Gasteiger partial charge in [0.1, 0.15) is 0 Å². The van der Waals surface area contributed by atoms with Crippen LogP contribution in [0, 0.1) is 0 Å². The van der Waals surface area contributed by atoms with E-state index < -0.39 is 0 Å². The van der Waals surface area contributed by atoms with Crippen LogP contribution in [0.4, 0.5) is 5.82 Å². The van der Waals surface area contributed by atoms with E-state index in [0.717, 1.165) is 27.2 Å². The standard InChI is InChI=1S/C12H8Cl2N2/c13-9-5-11-10-4-2-1-3-8(10)6-15-12(11)16(14)7-9/h1-6H,7H2. The molecule has 0 spiro atoms. The zero-order valence-electron chi connectivity index (χ0n) is 8.32. The van der Waals surface area contributed by atoms with Crippen LogP contribution in [0.25, 0.3) is 16.8 Å². The van der Waals surface area contributed by atoms with Crippen molar-refractivity contribution in [3.8, 4) is 0 Å². The normalized spacial score (nSPS) is 14.9. The highest BCUT2D eigenvalue weighted by Crippen LogP contribution is 2.34. The molecular formula is C12H8Cl2N2. The third-order valence-electron chi connectivity index (χ3n) is 2.64. The third-order valence-corrected chi connectivity index (χ3v) is 3.15. The molecule has 16 heavy (non-hydrogen) atoms. The van der Waals surface area contributed by atoms with Crippen LogP contribution in [0.1, 0.15) is 5.56 Å². The van der Waals surface area contributed by atoms with Gasteiger partial charge in [-0.25, -0.2) is 4.98 Å². The average molecular weight is 251 g/mol. The molecule has 1 aliphatic heterocycles. The summed E-state index contributed by atoms with van der Waals surface area (Å²) in [6.07, 6.45) is 3.77. The maximum Gasteiger partial charge on any atom is 0.151 e. The smallest absolute Gasteiger partial charge is 0.151 e. The molecule has 0 radical (unpaired) electrons. The lowest BCUT2D eigenvalue weighted by atomic mass is 10.0. The molecule has 0 fully saturated rings. The highest BCUT2D eigenvalue weighted by atomic mass is 35.5. The monoisotopic (exact) mass is 250 g/mol. The van der Waals surface area contributed by atoms with Crippen LogP contribution < -0.4 is 4.42 Å². The van der Waals surface area contributed by atoms with Crippen molar-refractivity contribution in [3.05, 3.63) is 41.1 Å². The summed E-state index contributed by atoms with van der Waals surface area (Å²) in [4.78, 5) is 4.35. The fourth-order valence-corrected chi connectivity index (χ4v) is 2.47. The summed E-state index contributed by atoms with van der Waals surface area (Å²) in [5.41, 5.74) is 0.990. The van der Waals surface area contributed by atoms with Gasteiger partial charge >= 0.3 is 0 Å². The van der Waals surface area contributed by atoms with Crippen molar-refractivity contribution in [2.24, 2.45) is 0 Å². The fraction of sp³-hybridized carbons (Fsp3) is 0.0833. The second-order valence-corrected chi connectivity index (χ2v) is 4.59. The van der Waals surface area contributed by atoms with Crippen molar-refractivity contribution in [2.75, 3.05) is 11.0 Å². The highest BCUT2D eigenvalue weighted by Gasteiger charge is 2.18. The lowest BCUT2D eigenvalue weighted by Gasteiger charge is -2.22. The molecule has 0 saturated carbocycles. The van der Waals surface area contributed by atoms with E-state index in [1.807, 2.05) is 36.5 Å². The minimum atomic E-state index is 0.501. The number of anilines is 1. The average Bonchev–Trinajstić information content (AvgIpc) is 2.28. The van der Waals surface area contributed by atoms with Crippen LogP contribution in [-0.4, -0.2) is 11.5 Å². The van der Waals surface area contributed by atoms with Crippen molar-refractivity contribution in [3.63, 3.8) is 0 Å². The van der Waals surface area contributed by atoms with Crippen LogP contribution in [0.2, 0.25) is 0 Å². The number of fused-ring (bicyclic) bond motifs is 3. The summed E-state index contributed by atoms with van der Waals surface area (Å²) in [5.74, 6) is 0.768. The van der Waals surface area contributed by atoms with Gasteiger partial charge in [0.25, 0.3) is 0 Å². The minimum absolute atomic E-state index is 0.501. The molecule has 2 heterocycles. The van der Waals surface area contributed by atoms with Crippen molar-refractivity contribution in [2.45, 2.75) is 0 Å². The van der Waals surface area contributed by atoms with Crippen LogP contribution in [-0.2, 0) is 0 Å². The van der Waals surface area contributed by atoms with E-state index >= 15 is 0 Å². The largest absolute Gasteiger partial charge is 0.263 e. The minimum Gasteiger partial charge on any atom is -0.263 e. The van der Waals surface area contributed by atoms with E-state index in [1.54, 1.807) is 4.42 Å². The number of aromatic nitrogens is 1. The van der Waals surface area contributed by atoms with Gasteiger partial charge in [-0.3, -0.25) is 4.42 Å². The molecule has 2 aromatic rings. The molecule has 0 saturated heterocycles. The molecule has 3 rings (SSSR count). The summed E-state index contributed by atoms with van der Waals surface area (Å²) >= 11 is 12.1. The number of nitrogens with zero attached hydrogens (tertiary/aromatic N) is 2. The molecular weight excluding hydrogens is 243 g/mol. The highest BCUT2D eigenvalue weighted by molar-refractivity contribution is 6.35. The van der Waals surface area contributed by atoms with Crippen LogP contribution in [0.15, 0.2) is 35.5 Å². The predicted molar refractivity (Wildman–Crippen MR) is 68.8 cm³/mol. The van der Waals surface area contributed by atoms with Gasteiger partial charge in [0, 0.05) is 34.0 Å². The Balaban J connectivity index is 2.39. The Bertz CT molecular complexity index is 593. The van der Waals surface area contributed by atoms with Crippen LogP contribution >= 0.6 is 23.4 Å². The van der Waals surface area contributed by atoms with Gasteiger partial charge in [0.05, 0.1) is 6.54 Å². The maximum absolute atomic E-state index is 6.09. The summed E-state index contributed by atoms with van der Waals surface area (Å²) < 4.78 is 1.55. The Morgan fingerprint density at radius 3 is 2.94 bits per heavy atom. The van der Waals surface area contributed by atoms with Crippen molar-refractivity contribution < 1.29 is 0 Å². The fourth-order valence-electron chi connectivity index (χ4n) is 1.92. The van der Waals surface area contributed by atoms with E-state index in [-0.39, 0.29) is 0 Å². The lowest BCUT2D eigenvalue weighted by Crippen LogP contribution is -2.18. The molecule has 1 aromatic heterocycles. The molecule has 0 unspecified atom stereocenters. The second-order valence-electron chi connectivity index (χ2n) is 3.69. The molecule has 0 N–H and O–H groups in total. The number of pyridine rings is 1. The predicted octanol–water partition coefficient (Wildman–Crippen LogP) is 3.79. The van der Waals surface area contributed by atoms with Gasteiger partial charge in [-0.05, 0) is 11.5 Å². The van der Waals surface area contributed by atoms with Gasteiger partial charge in [-0.1, -0.05) is 35.9 Å². The Kier molecular flexibility index (Phi) is 2.27. The summed E-state index contributed by atoms with van der Waals surface area (Å²) in [5, 5.41) is 2.94. The van der Waals surface area contributed by atoms with E-state index in [0.29, 0.717) is 6.54 Å². The van der Waals surface area contributed by atoms with E-state index in [2.05, 4.69) is 4.98 Å². The van der Waals surface area contributed by atoms with Crippen molar-refractivity contribution in [1.29, 1.82) is 0 Å². The zero-order valence-corrected chi connectivity index (χ0v) is 9.83. The first kappa shape index (κ1) is 9.94. The second kappa shape index (κ2) is 3.65. The first-order valence-corrected chi connectivity index (χ1v) is 5.64. The molecule has 80 valence electrons.